The number of rotatable bonds is 1. The van der Waals surface area contributed by atoms with Gasteiger partial charge in [-0.05, 0) is 56.3 Å². The lowest BCUT2D eigenvalue weighted by molar-refractivity contribution is -0.177. The molecule has 3 N–H and O–H groups in total. The minimum Gasteiger partial charge on any atom is -0.446 e. The molecule has 0 aromatic heterocycles. The Morgan fingerprint density at radius 3 is 2.50 bits per heavy atom. The first-order valence-corrected chi connectivity index (χ1v) is 7.96. The Kier molecular flexibility index (Phi) is 2.80. The topological polar surface area (TPSA) is 75.8 Å². The molecule has 4 aliphatic carbocycles. The predicted octanol–water partition coefficient (Wildman–Crippen LogP) is 1.10. The molecule has 1 aliphatic heterocycles. The van der Waals surface area contributed by atoms with Crippen LogP contribution in [0.5, 0.6) is 0 Å². The van der Waals surface area contributed by atoms with E-state index in [1.165, 1.54) is 0 Å². The number of carbonyl (C=O) groups excluding carboxylic acids is 1. The number of hydrogen-bond donors (Lipinski definition) is 2. The van der Waals surface area contributed by atoms with Gasteiger partial charge in [-0.25, -0.2) is 4.79 Å². The van der Waals surface area contributed by atoms with Crippen LogP contribution in [0, 0.1) is 17.8 Å². The lowest BCUT2D eigenvalue weighted by Crippen LogP contribution is -2.58. The number of hydrogen-bond acceptors (Lipinski definition) is 4. The molecule has 4 saturated carbocycles. The fourth-order valence-corrected chi connectivity index (χ4v) is 5.27. The minimum atomic E-state index is -0.463. The van der Waals surface area contributed by atoms with Crippen LogP contribution >= 0.6 is 0 Å². The van der Waals surface area contributed by atoms with Crippen molar-refractivity contribution in [2.45, 2.75) is 56.3 Å². The second-order valence-corrected chi connectivity index (χ2v) is 7.54. The summed E-state index contributed by atoms with van der Waals surface area (Å²) < 4.78 is 5.82. The molecule has 0 aromatic rings. The Labute approximate surface area is 119 Å². The van der Waals surface area contributed by atoms with E-state index in [0.717, 1.165) is 38.5 Å². The third-order valence-electron chi connectivity index (χ3n) is 5.87. The van der Waals surface area contributed by atoms with E-state index in [0.29, 0.717) is 30.8 Å². The zero-order chi connectivity index (χ0) is 13.9. The molecule has 0 spiro atoms. The summed E-state index contributed by atoms with van der Waals surface area (Å²) in [5.41, 5.74) is 5.38. The second kappa shape index (κ2) is 4.34. The van der Waals surface area contributed by atoms with Gasteiger partial charge in [0.1, 0.15) is 6.10 Å². The molecular formula is C15H24N2O3. The van der Waals surface area contributed by atoms with Crippen molar-refractivity contribution in [1.82, 2.24) is 4.90 Å². The van der Waals surface area contributed by atoms with Crippen LogP contribution in [0.1, 0.15) is 38.5 Å². The highest BCUT2D eigenvalue weighted by atomic mass is 16.6. The van der Waals surface area contributed by atoms with Crippen LogP contribution in [0.4, 0.5) is 4.79 Å². The predicted molar refractivity (Wildman–Crippen MR) is 72.9 cm³/mol. The van der Waals surface area contributed by atoms with Crippen LogP contribution in [0.15, 0.2) is 0 Å². The standard InChI is InChI=1S/C15H24N2O3/c16-12-1-2-17(8-12)14(18)20-13-10-3-9-4-11(13)7-15(19,5-9)6-10/h9-13,19H,1-8,16H2/t9?,10-,11?,12+,13?,15-/m0/s1. The van der Waals surface area contributed by atoms with E-state index in [4.69, 9.17) is 10.5 Å². The Morgan fingerprint density at radius 2 is 1.95 bits per heavy atom. The van der Waals surface area contributed by atoms with Crippen LogP contribution in [-0.2, 0) is 4.74 Å². The Morgan fingerprint density at radius 1 is 1.25 bits per heavy atom. The van der Waals surface area contributed by atoms with E-state index in [1.807, 2.05) is 0 Å². The highest BCUT2D eigenvalue weighted by Gasteiger charge is 2.56. The molecule has 4 bridgehead atoms. The minimum absolute atomic E-state index is 0.0242. The molecule has 0 radical (unpaired) electrons. The van der Waals surface area contributed by atoms with E-state index in [1.54, 1.807) is 4.90 Å². The molecule has 5 heteroatoms. The fraction of sp³-hybridized carbons (Fsp3) is 0.933. The number of likely N-dealkylation sites (tertiary alicyclic amines) is 1. The molecule has 20 heavy (non-hydrogen) atoms. The molecule has 5 rings (SSSR count). The van der Waals surface area contributed by atoms with E-state index in [-0.39, 0.29) is 18.2 Å². The zero-order valence-corrected chi connectivity index (χ0v) is 11.8. The first kappa shape index (κ1) is 12.9. The molecule has 112 valence electrons. The second-order valence-electron chi connectivity index (χ2n) is 7.54. The maximum atomic E-state index is 12.2. The van der Waals surface area contributed by atoms with Crippen LogP contribution < -0.4 is 5.73 Å². The lowest BCUT2D eigenvalue weighted by Gasteiger charge is -2.57. The van der Waals surface area contributed by atoms with Crippen LogP contribution in [-0.4, -0.2) is 46.9 Å². The number of ether oxygens (including phenoxy) is 1. The van der Waals surface area contributed by atoms with Crippen molar-refractivity contribution in [2.75, 3.05) is 13.1 Å². The Hall–Kier alpha value is -0.810. The van der Waals surface area contributed by atoms with Gasteiger partial charge < -0.3 is 20.5 Å². The maximum Gasteiger partial charge on any atom is 0.410 e. The molecule has 5 fully saturated rings. The third-order valence-corrected chi connectivity index (χ3v) is 5.87. The van der Waals surface area contributed by atoms with Gasteiger partial charge in [-0.15, -0.1) is 0 Å². The zero-order valence-electron chi connectivity index (χ0n) is 11.8. The third kappa shape index (κ3) is 2.02. The molecular weight excluding hydrogens is 256 g/mol. The Bertz CT molecular complexity index is 411. The summed E-state index contributed by atoms with van der Waals surface area (Å²) in [6.07, 6.45) is 5.54. The van der Waals surface area contributed by atoms with Crippen molar-refractivity contribution in [1.29, 1.82) is 0 Å². The van der Waals surface area contributed by atoms with Gasteiger partial charge in [0.2, 0.25) is 0 Å². The maximum absolute atomic E-state index is 12.2. The molecule has 5 nitrogen and oxygen atoms in total. The van der Waals surface area contributed by atoms with Crippen molar-refractivity contribution in [3.05, 3.63) is 0 Å². The highest BCUT2D eigenvalue weighted by Crippen LogP contribution is 2.56. The monoisotopic (exact) mass is 280 g/mol. The number of nitrogens with two attached hydrogens (primary N) is 1. The van der Waals surface area contributed by atoms with Crippen molar-refractivity contribution in [2.24, 2.45) is 23.5 Å². The number of amides is 1. The Balaban J connectivity index is 1.44. The molecule has 1 amide bonds. The van der Waals surface area contributed by atoms with Gasteiger partial charge >= 0.3 is 6.09 Å². The van der Waals surface area contributed by atoms with Gasteiger partial charge in [0.15, 0.2) is 0 Å². The van der Waals surface area contributed by atoms with Crippen LogP contribution in [0.3, 0.4) is 0 Å². The van der Waals surface area contributed by atoms with Crippen molar-refractivity contribution in [3.63, 3.8) is 0 Å². The van der Waals surface area contributed by atoms with Crippen LogP contribution in [0.2, 0.25) is 0 Å². The summed E-state index contributed by atoms with van der Waals surface area (Å²) in [5, 5.41) is 10.5. The summed E-state index contributed by atoms with van der Waals surface area (Å²) >= 11 is 0. The number of aliphatic hydroxyl groups is 1. The summed E-state index contributed by atoms with van der Waals surface area (Å²) in [4.78, 5) is 14.0. The van der Waals surface area contributed by atoms with Gasteiger partial charge in [0.05, 0.1) is 5.60 Å². The first-order valence-electron chi connectivity index (χ1n) is 7.96. The van der Waals surface area contributed by atoms with Crippen molar-refractivity contribution >= 4 is 6.09 Å². The van der Waals surface area contributed by atoms with E-state index < -0.39 is 5.60 Å². The summed E-state index contributed by atoms with van der Waals surface area (Å²) in [6, 6.07) is 0.0989. The van der Waals surface area contributed by atoms with Gasteiger partial charge in [0.25, 0.3) is 0 Å². The van der Waals surface area contributed by atoms with E-state index in [2.05, 4.69) is 0 Å². The normalized spacial score (nSPS) is 49.7. The molecule has 6 atom stereocenters. The summed E-state index contributed by atoms with van der Waals surface area (Å²) in [6.45, 7) is 1.34. The average Bonchev–Trinajstić information content (AvgIpc) is 2.78. The van der Waals surface area contributed by atoms with E-state index >= 15 is 0 Å². The van der Waals surface area contributed by atoms with Crippen LogP contribution in [0.25, 0.3) is 0 Å². The lowest BCUT2D eigenvalue weighted by atomic mass is 9.53. The summed E-state index contributed by atoms with van der Waals surface area (Å²) in [7, 11) is 0. The SMILES string of the molecule is N[C@@H]1CCN(C(=O)OC2C3CC4C[C@H]2C[C@@](O)(C4)C3)C1. The molecule has 3 unspecified atom stereocenters. The van der Waals surface area contributed by atoms with E-state index in [9.17, 15) is 9.90 Å². The fourth-order valence-electron chi connectivity index (χ4n) is 5.27. The smallest absolute Gasteiger partial charge is 0.410 e. The quantitative estimate of drug-likeness (QED) is 0.754. The largest absolute Gasteiger partial charge is 0.446 e. The van der Waals surface area contributed by atoms with Crippen molar-refractivity contribution in [3.8, 4) is 0 Å². The molecule has 0 aromatic carbocycles. The first-order chi connectivity index (χ1) is 9.52. The molecule has 1 heterocycles. The number of carbonyl (C=O) groups is 1. The number of nitrogens with zero attached hydrogens (tertiary/aromatic N) is 1. The van der Waals surface area contributed by atoms with Gasteiger partial charge in [0, 0.05) is 19.1 Å². The highest BCUT2D eigenvalue weighted by molar-refractivity contribution is 5.68. The molecule has 5 aliphatic rings. The summed E-state index contributed by atoms with van der Waals surface area (Å²) in [5.74, 6) is 1.38. The van der Waals surface area contributed by atoms with Gasteiger partial charge in [-0.2, -0.15) is 0 Å². The van der Waals surface area contributed by atoms with Crippen molar-refractivity contribution < 1.29 is 14.6 Å². The van der Waals surface area contributed by atoms with Gasteiger partial charge in [-0.3, -0.25) is 0 Å². The van der Waals surface area contributed by atoms with Gasteiger partial charge in [-0.1, -0.05) is 0 Å². The molecule has 1 saturated heterocycles. The average molecular weight is 280 g/mol.